The van der Waals surface area contributed by atoms with Gasteiger partial charge >= 0.3 is 0 Å². The maximum absolute atomic E-state index is 10.7. The average molecular weight is 328 g/mol. The first kappa shape index (κ1) is 14.7. The fourth-order valence-electron chi connectivity index (χ4n) is 3.31. The number of imidazole rings is 1. The van der Waals surface area contributed by atoms with Crippen LogP contribution in [0.4, 0.5) is 5.13 Å². The molecule has 2 atom stereocenters. The molecular weight excluding hydrogens is 308 g/mol. The first-order valence-electron chi connectivity index (χ1n) is 7.98. The number of aliphatic hydroxyl groups excluding tert-OH is 1. The maximum Gasteiger partial charge on any atom is 0.186 e. The monoisotopic (exact) mass is 328 g/mol. The van der Waals surface area contributed by atoms with Crippen LogP contribution in [-0.4, -0.2) is 32.7 Å². The molecule has 2 aromatic heterocycles. The van der Waals surface area contributed by atoms with E-state index in [0.717, 1.165) is 42.4 Å². The zero-order chi connectivity index (χ0) is 15.8. The van der Waals surface area contributed by atoms with Gasteiger partial charge in [-0.25, -0.2) is 9.97 Å². The first-order valence-corrected chi connectivity index (χ1v) is 8.80. The lowest BCUT2D eigenvalue weighted by molar-refractivity contribution is 0.0875. The molecule has 0 aliphatic carbocycles. The number of hydrogen-bond donors (Lipinski definition) is 1. The van der Waals surface area contributed by atoms with Crippen LogP contribution in [0, 0.1) is 5.92 Å². The van der Waals surface area contributed by atoms with E-state index in [0.29, 0.717) is 0 Å². The topological polar surface area (TPSA) is 54.2 Å². The van der Waals surface area contributed by atoms with Gasteiger partial charge < -0.3 is 14.6 Å². The molecule has 0 spiro atoms. The molecule has 0 radical (unpaired) electrons. The summed E-state index contributed by atoms with van der Waals surface area (Å²) in [7, 11) is 1.93. The number of benzene rings is 1. The molecule has 1 saturated heterocycles. The van der Waals surface area contributed by atoms with Gasteiger partial charge in [-0.05, 0) is 25.0 Å². The zero-order valence-corrected chi connectivity index (χ0v) is 13.9. The van der Waals surface area contributed by atoms with Crippen LogP contribution in [-0.2, 0) is 7.05 Å². The van der Waals surface area contributed by atoms with Gasteiger partial charge in [0.1, 0.15) is 11.9 Å². The smallest absolute Gasteiger partial charge is 0.186 e. The lowest BCUT2D eigenvalue weighted by Gasteiger charge is -2.34. The van der Waals surface area contributed by atoms with Crippen molar-refractivity contribution in [3.63, 3.8) is 0 Å². The SMILES string of the molecule is Cn1ccnc1[C@H](O)[C@@H]1CCCN(c2nc3ccccc3s2)C1. The number of hydrogen-bond acceptors (Lipinski definition) is 5. The summed E-state index contributed by atoms with van der Waals surface area (Å²) in [6, 6.07) is 8.24. The van der Waals surface area contributed by atoms with Crippen LogP contribution in [0.25, 0.3) is 10.2 Å². The van der Waals surface area contributed by atoms with Crippen LogP contribution in [0.5, 0.6) is 0 Å². The van der Waals surface area contributed by atoms with Gasteiger partial charge in [-0.3, -0.25) is 0 Å². The van der Waals surface area contributed by atoms with E-state index >= 15 is 0 Å². The van der Waals surface area contributed by atoms with Crippen molar-refractivity contribution >= 4 is 26.7 Å². The minimum Gasteiger partial charge on any atom is -0.385 e. The van der Waals surface area contributed by atoms with E-state index in [1.807, 2.05) is 29.9 Å². The third-order valence-corrected chi connectivity index (χ3v) is 5.68. The molecule has 3 heterocycles. The number of aromatic nitrogens is 3. The minimum absolute atomic E-state index is 0.192. The van der Waals surface area contributed by atoms with Crippen molar-refractivity contribution in [3.8, 4) is 0 Å². The van der Waals surface area contributed by atoms with Crippen LogP contribution in [0.3, 0.4) is 0 Å². The summed E-state index contributed by atoms with van der Waals surface area (Å²) in [5.41, 5.74) is 1.05. The molecule has 1 fully saturated rings. The fourth-order valence-corrected chi connectivity index (χ4v) is 4.31. The Morgan fingerprint density at radius 2 is 2.22 bits per heavy atom. The highest BCUT2D eigenvalue weighted by Crippen LogP contribution is 2.34. The van der Waals surface area contributed by atoms with Gasteiger partial charge in [0.05, 0.1) is 10.2 Å². The Bertz CT molecular complexity index is 779. The third kappa shape index (κ3) is 2.72. The Morgan fingerprint density at radius 1 is 1.35 bits per heavy atom. The minimum atomic E-state index is -0.521. The van der Waals surface area contributed by atoms with Crippen molar-refractivity contribution in [1.29, 1.82) is 0 Å². The molecule has 6 heteroatoms. The van der Waals surface area contributed by atoms with Crippen molar-refractivity contribution in [2.75, 3.05) is 18.0 Å². The number of aryl methyl sites for hydroxylation is 1. The van der Waals surface area contributed by atoms with Gasteiger partial charge in [-0.2, -0.15) is 0 Å². The molecule has 23 heavy (non-hydrogen) atoms. The van der Waals surface area contributed by atoms with E-state index in [1.54, 1.807) is 17.5 Å². The third-order valence-electron chi connectivity index (χ3n) is 4.58. The predicted molar refractivity (Wildman–Crippen MR) is 92.7 cm³/mol. The van der Waals surface area contributed by atoms with E-state index in [4.69, 9.17) is 4.98 Å². The number of piperidine rings is 1. The number of para-hydroxylation sites is 1. The lowest BCUT2D eigenvalue weighted by Crippen LogP contribution is -2.38. The van der Waals surface area contributed by atoms with E-state index < -0.39 is 6.10 Å². The van der Waals surface area contributed by atoms with Gasteiger partial charge in [0.15, 0.2) is 5.13 Å². The second-order valence-corrected chi connectivity index (χ2v) is 7.16. The number of fused-ring (bicyclic) bond motifs is 1. The van der Waals surface area contributed by atoms with Crippen molar-refractivity contribution in [3.05, 3.63) is 42.5 Å². The quantitative estimate of drug-likeness (QED) is 0.803. The predicted octanol–water partition coefficient (Wildman–Crippen LogP) is 2.98. The summed E-state index contributed by atoms with van der Waals surface area (Å²) in [5.74, 6) is 0.943. The average Bonchev–Trinajstić information content (AvgIpc) is 3.20. The van der Waals surface area contributed by atoms with Gasteiger partial charge in [0.2, 0.25) is 0 Å². The summed E-state index contributed by atoms with van der Waals surface area (Å²) >= 11 is 1.73. The summed E-state index contributed by atoms with van der Waals surface area (Å²) in [6.07, 6.45) is 5.20. The molecule has 0 unspecified atom stereocenters. The summed E-state index contributed by atoms with van der Waals surface area (Å²) in [5, 5.41) is 11.8. The molecule has 5 nitrogen and oxygen atoms in total. The molecule has 0 amide bonds. The maximum atomic E-state index is 10.7. The second-order valence-electron chi connectivity index (χ2n) is 6.15. The number of thiazole rings is 1. The van der Waals surface area contributed by atoms with Crippen molar-refractivity contribution in [2.45, 2.75) is 18.9 Å². The highest BCUT2D eigenvalue weighted by molar-refractivity contribution is 7.22. The molecule has 1 N–H and O–H groups in total. The van der Waals surface area contributed by atoms with Crippen molar-refractivity contribution < 1.29 is 5.11 Å². The van der Waals surface area contributed by atoms with Crippen LogP contribution in [0.1, 0.15) is 24.8 Å². The van der Waals surface area contributed by atoms with Gasteiger partial charge in [0.25, 0.3) is 0 Å². The second kappa shape index (κ2) is 5.94. The number of anilines is 1. The Kier molecular flexibility index (Phi) is 3.79. The highest BCUT2D eigenvalue weighted by atomic mass is 32.1. The normalized spacial score (nSPS) is 20.1. The molecule has 120 valence electrons. The summed E-state index contributed by atoms with van der Waals surface area (Å²) in [6.45, 7) is 1.83. The van der Waals surface area contributed by atoms with Gasteiger partial charge in [0, 0.05) is 38.4 Å². The standard InChI is InChI=1S/C17H20N4OS/c1-20-10-8-18-16(20)15(22)12-5-4-9-21(11-12)17-19-13-6-2-3-7-14(13)23-17/h2-3,6-8,10,12,15,22H,4-5,9,11H2,1H3/t12-,15-/m1/s1. The molecular formula is C17H20N4OS. The van der Waals surface area contributed by atoms with Gasteiger partial charge in [-0.1, -0.05) is 23.5 Å². The van der Waals surface area contributed by atoms with E-state index in [2.05, 4.69) is 22.0 Å². The molecule has 0 bridgehead atoms. The van der Waals surface area contributed by atoms with Crippen LogP contribution < -0.4 is 4.90 Å². The molecule has 1 aromatic carbocycles. The lowest BCUT2D eigenvalue weighted by atomic mass is 9.92. The Morgan fingerprint density at radius 3 is 3.00 bits per heavy atom. The Labute approximate surface area is 139 Å². The number of rotatable bonds is 3. The molecule has 0 saturated carbocycles. The van der Waals surface area contributed by atoms with Crippen LogP contribution in [0.2, 0.25) is 0 Å². The summed E-state index contributed by atoms with van der Waals surface area (Å²) < 4.78 is 3.12. The number of aliphatic hydroxyl groups is 1. The Hall–Kier alpha value is -1.92. The van der Waals surface area contributed by atoms with Crippen molar-refractivity contribution in [1.82, 2.24) is 14.5 Å². The Balaban J connectivity index is 1.56. The summed E-state index contributed by atoms with van der Waals surface area (Å²) in [4.78, 5) is 11.4. The highest BCUT2D eigenvalue weighted by Gasteiger charge is 2.30. The first-order chi connectivity index (χ1) is 11.2. The molecule has 4 rings (SSSR count). The van der Waals surface area contributed by atoms with E-state index in [-0.39, 0.29) is 5.92 Å². The largest absolute Gasteiger partial charge is 0.385 e. The molecule has 1 aliphatic heterocycles. The van der Waals surface area contributed by atoms with Gasteiger partial charge in [-0.15, -0.1) is 0 Å². The van der Waals surface area contributed by atoms with E-state index in [9.17, 15) is 5.11 Å². The van der Waals surface area contributed by atoms with E-state index in [1.165, 1.54) is 4.70 Å². The zero-order valence-electron chi connectivity index (χ0n) is 13.1. The van der Waals surface area contributed by atoms with Crippen LogP contribution in [0.15, 0.2) is 36.7 Å². The van der Waals surface area contributed by atoms with Crippen LogP contribution >= 0.6 is 11.3 Å². The molecule has 1 aliphatic rings. The fraction of sp³-hybridized carbons (Fsp3) is 0.412. The van der Waals surface area contributed by atoms with Crippen molar-refractivity contribution in [2.24, 2.45) is 13.0 Å². The number of nitrogens with zero attached hydrogens (tertiary/aromatic N) is 4. The molecule has 3 aromatic rings.